The first-order valence-electron chi connectivity index (χ1n) is 4.60. The summed E-state index contributed by atoms with van der Waals surface area (Å²) in [5.41, 5.74) is 0.868. The van der Waals surface area contributed by atoms with Crippen LogP contribution in [0.4, 0.5) is 0 Å². The van der Waals surface area contributed by atoms with E-state index in [-0.39, 0.29) is 18.7 Å². The van der Waals surface area contributed by atoms with Crippen molar-refractivity contribution in [2.24, 2.45) is 0 Å². The highest BCUT2D eigenvalue weighted by Crippen LogP contribution is 2.06. The van der Waals surface area contributed by atoms with Crippen LogP contribution in [-0.2, 0) is 16.0 Å². The molecule has 0 bridgehead atoms. The molecule has 0 saturated carbocycles. The lowest BCUT2D eigenvalue weighted by Gasteiger charge is -2.11. The lowest BCUT2D eigenvalue weighted by atomic mass is 10.2. The second-order valence-corrected chi connectivity index (χ2v) is 3.95. The Morgan fingerprint density at radius 1 is 1.62 bits per heavy atom. The first-order chi connectivity index (χ1) is 7.63. The van der Waals surface area contributed by atoms with Gasteiger partial charge in [-0.05, 0) is 22.4 Å². The zero-order valence-corrected chi connectivity index (χ0v) is 9.29. The average molecular weight is 237 g/mol. The minimum Gasteiger partial charge on any atom is -0.480 e. The predicted molar refractivity (Wildman–Crippen MR) is 61.0 cm³/mol. The molecule has 2 N–H and O–H groups in total. The zero-order chi connectivity index (χ0) is 12.0. The van der Waals surface area contributed by atoms with Crippen LogP contribution in [0.15, 0.2) is 16.8 Å². The molecular formula is C11H11NO3S. The number of hydrogen-bond acceptors (Lipinski definition) is 3. The van der Waals surface area contributed by atoms with Crippen LogP contribution >= 0.6 is 11.3 Å². The van der Waals surface area contributed by atoms with Crippen molar-refractivity contribution in [3.05, 3.63) is 22.4 Å². The van der Waals surface area contributed by atoms with E-state index in [4.69, 9.17) is 11.5 Å². The Kier molecular flexibility index (Phi) is 4.55. The van der Waals surface area contributed by atoms with Gasteiger partial charge in [0.2, 0.25) is 5.91 Å². The molecule has 1 unspecified atom stereocenters. The summed E-state index contributed by atoms with van der Waals surface area (Å²) in [6, 6.07) is 0.817. The summed E-state index contributed by atoms with van der Waals surface area (Å²) >= 11 is 1.49. The van der Waals surface area contributed by atoms with Gasteiger partial charge in [0.05, 0.1) is 6.42 Å². The topological polar surface area (TPSA) is 66.4 Å². The molecule has 1 atom stereocenters. The van der Waals surface area contributed by atoms with Crippen LogP contribution in [0, 0.1) is 12.3 Å². The van der Waals surface area contributed by atoms with Gasteiger partial charge in [0.25, 0.3) is 0 Å². The summed E-state index contributed by atoms with van der Waals surface area (Å²) in [6.07, 6.45) is 5.19. The third kappa shape index (κ3) is 3.75. The normalized spacial score (nSPS) is 11.4. The van der Waals surface area contributed by atoms with Gasteiger partial charge in [-0.3, -0.25) is 4.79 Å². The lowest BCUT2D eigenvalue weighted by molar-refractivity contribution is -0.141. The highest BCUT2D eigenvalue weighted by atomic mass is 32.1. The molecule has 1 aromatic heterocycles. The molecule has 0 aliphatic rings. The number of nitrogens with one attached hydrogen (secondary N) is 1. The van der Waals surface area contributed by atoms with Crippen molar-refractivity contribution in [2.45, 2.75) is 18.9 Å². The lowest BCUT2D eigenvalue weighted by Crippen LogP contribution is -2.41. The first kappa shape index (κ1) is 12.3. The summed E-state index contributed by atoms with van der Waals surface area (Å²) < 4.78 is 0. The SMILES string of the molecule is C#CCC(NC(=O)Cc1ccsc1)C(=O)O. The van der Waals surface area contributed by atoms with Gasteiger partial charge in [-0.1, -0.05) is 0 Å². The summed E-state index contributed by atoms with van der Waals surface area (Å²) in [7, 11) is 0. The fraction of sp³-hybridized carbons (Fsp3) is 0.273. The maximum absolute atomic E-state index is 11.5. The van der Waals surface area contributed by atoms with Crippen molar-refractivity contribution in [1.29, 1.82) is 0 Å². The number of hydrogen-bond donors (Lipinski definition) is 2. The van der Waals surface area contributed by atoms with Gasteiger partial charge in [-0.2, -0.15) is 11.3 Å². The van der Waals surface area contributed by atoms with Gasteiger partial charge in [0, 0.05) is 6.42 Å². The smallest absolute Gasteiger partial charge is 0.327 e. The van der Waals surface area contributed by atoms with E-state index in [0.29, 0.717) is 0 Å². The van der Waals surface area contributed by atoms with Gasteiger partial charge in [-0.15, -0.1) is 12.3 Å². The standard InChI is InChI=1S/C11H11NO3S/c1-2-3-9(11(14)15)12-10(13)6-8-4-5-16-7-8/h1,4-5,7,9H,3,6H2,(H,12,13)(H,14,15). The molecule has 0 saturated heterocycles. The molecule has 0 aliphatic carbocycles. The largest absolute Gasteiger partial charge is 0.480 e. The fourth-order valence-electron chi connectivity index (χ4n) is 1.14. The molecule has 4 nitrogen and oxygen atoms in total. The molecule has 1 heterocycles. The third-order valence-corrected chi connectivity index (χ3v) is 2.63. The van der Waals surface area contributed by atoms with Crippen molar-refractivity contribution in [1.82, 2.24) is 5.32 Å². The first-order valence-corrected chi connectivity index (χ1v) is 5.54. The summed E-state index contributed by atoms with van der Waals surface area (Å²) in [5.74, 6) is 0.773. The zero-order valence-electron chi connectivity index (χ0n) is 8.47. The second-order valence-electron chi connectivity index (χ2n) is 3.17. The van der Waals surface area contributed by atoms with E-state index in [0.717, 1.165) is 5.56 Å². The molecule has 0 aliphatic heterocycles. The minimum atomic E-state index is -1.11. The van der Waals surface area contributed by atoms with Gasteiger partial charge in [-0.25, -0.2) is 4.79 Å². The van der Waals surface area contributed by atoms with Crippen LogP contribution in [0.25, 0.3) is 0 Å². The number of amides is 1. The summed E-state index contributed by atoms with van der Waals surface area (Å²) in [5, 5.41) is 14.9. The molecular weight excluding hydrogens is 226 g/mol. The maximum Gasteiger partial charge on any atom is 0.327 e. The number of aliphatic carboxylic acids is 1. The number of carbonyl (C=O) groups excluding carboxylic acids is 1. The van der Waals surface area contributed by atoms with E-state index in [1.54, 1.807) is 0 Å². The van der Waals surface area contributed by atoms with Crippen molar-refractivity contribution in [3.63, 3.8) is 0 Å². The van der Waals surface area contributed by atoms with Crippen molar-refractivity contribution < 1.29 is 14.7 Å². The monoisotopic (exact) mass is 237 g/mol. The Balaban J connectivity index is 2.49. The Morgan fingerprint density at radius 2 is 2.38 bits per heavy atom. The Bertz CT molecular complexity index is 405. The molecule has 16 heavy (non-hydrogen) atoms. The van der Waals surface area contributed by atoms with Gasteiger partial charge < -0.3 is 10.4 Å². The number of carboxylic acids is 1. The van der Waals surface area contributed by atoms with Crippen molar-refractivity contribution in [2.75, 3.05) is 0 Å². The Hall–Kier alpha value is -1.80. The molecule has 1 amide bonds. The molecule has 0 fully saturated rings. The third-order valence-electron chi connectivity index (χ3n) is 1.90. The quantitative estimate of drug-likeness (QED) is 0.747. The van der Waals surface area contributed by atoms with Crippen LogP contribution in [0.3, 0.4) is 0 Å². The number of carbonyl (C=O) groups is 2. The van der Waals surface area contributed by atoms with Crippen LogP contribution in [0.1, 0.15) is 12.0 Å². The van der Waals surface area contributed by atoms with Crippen LogP contribution in [0.2, 0.25) is 0 Å². The molecule has 1 rings (SSSR count). The number of terminal acetylenes is 1. The van der Waals surface area contributed by atoms with Crippen molar-refractivity contribution in [3.8, 4) is 12.3 Å². The van der Waals surface area contributed by atoms with Gasteiger partial charge >= 0.3 is 5.97 Å². The van der Waals surface area contributed by atoms with E-state index in [1.165, 1.54) is 11.3 Å². The predicted octanol–water partition coefficient (Wildman–Crippen LogP) is 0.883. The minimum absolute atomic E-state index is 0.00922. The molecule has 0 aromatic carbocycles. The Morgan fingerprint density at radius 3 is 2.88 bits per heavy atom. The second kappa shape index (κ2) is 5.93. The number of thiophene rings is 1. The van der Waals surface area contributed by atoms with E-state index in [1.807, 2.05) is 16.8 Å². The van der Waals surface area contributed by atoms with Crippen LogP contribution in [-0.4, -0.2) is 23.0 Å². The molecule has 84 valence electrons. The van der Waals surface area contributed by atoms with E-state index in [2.05, 4.69) is 11.2 Å². The van der Waals surface area contributed by atoms with Crippen LogP contribution in [0.5, 0.6) is 0 Å². The van der Waals surface area contributed by atoms with E-state index >= 15 is 0 Å². The Labute approximate surface area is 97.3 Å². The molecule has 0 spiro atoms. The van der Waals surface area contributed by atoms with Crippen LogP contribution < -0.4 is 5.32 Å². The van der Waals surface area contributed by atoms with E-state index in [9.17, 15) is 9.59 Å². The number of rotatable bonds is 5. The van der Waals surface area contributed by atoms with Gasteiger partial charge in [0.1, 0.15) is 6.04 Å². The highest BCUT2D eigenvalue weighted by molar-refractivity contribution is 7.07. The summed E-state index contributed by atoms with van der Waals surface area (Å²) in [6.45, 7) is 0. The number of carboxylic acid groups (broad SMARTS) is 1. The van der Waals surface area contributed by atoms with Crippen molar-refractivity contribution >= 4 is 23.2 Å². The average Bonchev–Trinajstić information content (AvgIpc) is 2.69. The fourth-order valence-corrected chi connectivity index (χ4v) is 1.81. The molecule has 5 heteroatoms. The maximum atomic E-state index is 11.5. The molecule has 0 radical (unpaired) electrons. The van der Waals surface area contributed by atoms with Gasteiger partial charge in [0.15, 0.2) is 0 Å². The summed E-state index contributed by atoms with van der Waals surface area (Å²) in [4.78, 5) is 22.2. The molecule has 1 aromatic rings. The van der Waals surface area contributed by atoms with E-state index < -0.39 is 12.0 Å². The highest BCUT2D eigenvalue weighted by Gasteiger charge is 2.18.